The van der Waals surface area contributed by atoms with Crippen molar-refractivity contribution in [2.24, 2.45) is 0 Å². The number of carbonyl (C=O) groups excluding carboxylic acids is 2. The van der Waals surface area contributed by atoms with Gasteiger partial charge in [-0.3, -0.25) is 9.59 Å². The number of carbonyl (C=O) groups is 3. The van der Waals surface area contributed by atoms with Gasteiger partial charge in [-0.05, 0) is 41.5 Å². The van der Waals surface area contributed by atoms with Crippen LogP contribution in [0.3, 0.4) is 0 Å². The smallest absolute Gasteiger partial charge is 0.407 e. The van der Waals surface area contributed by atoms with Crippen LogP contribution in [0.1, 0.15) is 42.7 Å². The zero-order valence-electron chi connectivity index (χ0n) is 18.1. The van der Waals surface area contributed by atoms with E-state index in [4.69, 9.17) is 14.6 Å². The number of amides is 2. The van der Waals surface area contributed by atoms with Gasteiger partial charge in [0.25, 0.3) is 5.91 Å². The molecule has 0 radical (unpaired) electrons. The van der Waals surface area contributed by atoms with E-state index in [-0.39, 0.29) is 18.9 Å². The maximum absolute atomic E-state index is 12.7. The van der Waals surface area contributed by atoms with E-state index in [2.05, 4.69) is 34.9 Å². The Bertz CT molecular complexity index is 1050. The molecular weight excluding hydrogens is 424 g/mol. The molecule has 2 aromatic rings. The molecule has 2 amide bonds. The quantitative estimate of drug-likeness (QED) is 0.598. The van der Waals surface area contributed by atoms with Crippen LogP contribution in [0.15, 0.2) is 48.5 Å². The van der Waals surface area contributed by atoms with Gasteiger partial charge in [0.1, 0.15) is 6.61 Å². The van der Waals surface area contributed by atoms with Gasteiger partial charge in [0.05, 0.1) is 18.0 Å². The predicted octanol–water partition coefficient (Wildman–Crippen LogP) is 2.81. The molecule has 3 N–H and O–H groups in total. The van der Waals surface area contributed by atoms with E-state index in [1.165, 1.54) is 0 Å². The third-order valence-electron chi connectivity index (χ3n) is 6.73. The number of rotatable bonds is 7. The Labute approximate surface area is 191 Å². The summed E-state index contributed by atoms with van der Waals surface area (Å²) in [5.41, 5.74) is 3.86. The van der Waals surface area contributed by atoms with Crippen LogP contribution < -0.4 is 10.6 Å². The number of hydrogen-bond donors (Lipinski definition) is 3. The van der Waals surface area contributed by atoms with Crippen LogP contribution in [0.25, 0.3) is 11.1 Å². The summed E-state index contributed by atoms with van der Waals surface area (Å²) in [4.78, 5) is 36.3. The first-order chi connectivity index (χ1) is 16.0. The Kier molecular flexibility index (Phi) is 5.54. The Balaban J connectivity index is 1.19. The van der Waals surface area contributed by atoms with Crippen molar-refractivity contribution in [1.29, 1.82) is 0 Å². The van der Waals surface area contributed by atoms with Crippen LogP contribution in [0, 0.1) is 0 Å². The number of fused-ring (bicyclic) bond motifs is 3. The highest BCUT2D eigenvalue weighted by molar-refractivity contribution is 5.85. The predicted molar refractivity (Wildman–Crippen MR) is 119 cm³/mol. The van der Waals surface area contributed by atoms with Crippen LogP contribution >= 0.6 is 0 Å². The standard InChI is InChI=1S/C25H26N2O6/c28-21(29)13-25(10-11-25)27-23(30)22-20(9-12-32-22)26-24(31)33-14-19-17-7-3-1-5-15(17)16-6-2-4-8-18(16)19/h1-8,19-20,22H,9-14H2,(H,26,31)(H,27,30)(H,28,29)/t20-,22+/m0/s1. The van der Waals surface area contributed by atoms with Gasteiger partial charge in [-0.2, -0.15) is 0 Å². The molecule has 8 nitrogen and oxygen atoms in total. The summed E-state index contributed by atoms with van der Waals surface area (Å²) in [6.45, 7) is 0.518. The molecule has 0 bridgehead atoms. The molecule has 33 heavy (non-hydrogen) atoms. The molecule has 1 heterocycles. The van der Waals surface area contributed by atoms with Gasteiger partial charge in [-0.1, -0.05) is 48.5 Å². The van der Waals surface area contributed by atoms with Crippen molar-refractivity contribution >= 4 is 18.0 Å². The molecule has 1 aliphatic heterocycles. The summed E-state index contributed by atoms with van der Waals surface area (Å²) in [5.74, 6) is -1.39. The monoisotopic (exact) mass is 450 g/mol. The number of aliphatic carboxylic acids is 1. The van der Waals surface area contributed by atoms with Gasteiger partial charge >= 0.3 is 12.1 Å². The first-order valence-electron chi connectivity index (χ1n) is 11.2. The maximum atomic E-state index is 12.7. The molecule has 2 atom stereocenters. The zero-order valence-corrected chi connectivity index (χ0v) is 18.1. The van der Waals surface area contributed by atoms with Crippen molar-refractivity contribution in [2.75, 3.05) is 13.2 Å². The van der Waals surface area contributed by atoms with Crippen LogP contribution in [0.4, 0.5) is 4.79 Å². The molecule has 3 aliphatic rings. The molecule has 2 aliphatic carbocycles. The van der Waals surface area contributed by atoms with Crippen molar-refractivity contribution < 1.29 is 29.0 Å². The molecule has 0 aromatic heterocycles. The average Bonchev–Trinajstić information content (AvgIpc) is 3.24. The summed E-state index contributed by atoms with van der Waals surface area (Å²) < 4.78 is 11.1. The lowest BCUT2D eigenvalue weighted by molar-refractivity contribution is -0.138. The Morgan fingerprint density at radius 1 is 1.03 bits per heavy atom. The van der Waals surface area contributed by atoms with E-state index in [1.54, 1.807) is 0 Å². The van der Waals surface area contributed by atoms with Gasteiger partial charge in [-0.15, -0.1) is 0 Å². The van der Waals surface area contributed by atoms with Gasteiger partial charge in [0.15, 0.2) is 6.10 Å². The van der Waals surface area contributed by atoms with Crippen molar-refractivity contribution in [3.8, 4) is 11.1 Å². The van der Waals surface area contributed by atoms with Crippen molar-refractivity contribution in [3.63, 3.8) is 0 Å². The number of carboxylic acids is 1. The minimum absolute atomic E-state index is 0.0483. The fraction of sp³-hybridized carbons (Fsp3) is 0.400. The van der Waals surface area contributed by atoms with E-state index in [0.717, 1.165) is 22.3 Å². The third kappa shape index (κ3) is 4.30. The van der Waals surface area contributed by atoms with Crippen molar-refractivity contribution in [3.05, 3.63) is 59.7 Å². The van der Waals surface area contributed by atoms with Crippen LogP contribution in [-0.4, -0.2) is 54.0 Å². The van der Waals surface area contributed by atoms with E-state index in [9.17, 15) is 14.4 Å². The first kappa shape index (κ1) is 21.5. The summed E-state index contributed by atoms with van der Waals surface area (Å²) in [5, 5.41) is 14.6. The third-order valence-corrected chi connectivity index (χ3v) is 6.73. The fourth-order valence-electron chi connectivity index (χ4n) is 4.91. The van der Waals surface area contributed by atoms with E-state index in [0.29, 0.717) is 25.9 Å². The zero-order chi connectivity index (χ0) is 23.0. The summed E-state index contributed by atoms with van der Waals surface area (Å²) in [7, 11) is 0. The number of benzene rings is 2. The second-order valence-corrected chi connectivity index (χ2v) is 9.00. The lowest BCUT2D eigenvalue weighted by atomic mass is 9.98. The number of nitrogens with one attached hydrogen (secondary N) is 2. The Hall–Kier alpha value is -3.39. The maximum Gasteiger partial charge on any atom is 0.407 e. The van der Waals surface area contributed by atoms with Crippen molar-refractivity contribution in [1.82, 2.24) is 10.6 Å². The summed E-state index contributed by atoms with van der Waals surface area (Å²) in [6, 6.07) is 15.7. The van der Waals surface area contributed by atoms with Gasteiger partial charge in [0.2, 0.25) is 0 Å². The van der Waals surface area contributed by atoms with E-state index >= 15 is 0 Å². The van der Waals surface area contributed by atoms with E-state index in [1.807, 2.05) is 24.3 Å². The number of ether oxygens (including phenoxy) is 2. The molecule has 5 rings (SSSR count). The molecule has 2 fully saturated rings. The van der Waals surface area contributed by atoms with Gasteiger partial charge in [-0.25, -0.2) is 4.79 Å². The molecule has 1 saturated heterocycles. The molecule has 0 unspecified atom stereocenters. The minimum atomic E-state index is -0.951. The molecule has 8 heteroatoms. The molecular formula is C25H26N2O6. The second kappa shape index (κ2) is 8.51. The Morgan fingerprint density at radius 2 is 1.67 bits per heavy atom. The minimum Gasteiger partial charge on any atom is -0.481 e. The molecule has 172 valence electrons. The molecule has 0 spiro atoms. The van der Waals surface area contributed by atoms with Gasteiger partial charge in [0, 0.05) is 12.5 Å². The van der Waals surface area contributed by atoms with Crippen LogP contribution in [-0.2, 0) is 19.1 Å². The van der Waals surface area contributed by atoms with Crippen LogP contribution in [0.5, 0.6) is 0 Å². The highest BCUT2D eigenvalue weighted by atomic mass is 16.6. The largest absolute Gasteiger partial charge is 0.481 e. The molecule has 1 saturated carbocycles. The van der Waals surface area contributed by atoms with Crippen molar-refractivity contribution in [2.45, 2.75) is 49.3 Å². The summed E-state index contributed by atoms with van der Waals surface area (Å²) in [6.07, 6.45) is 0.155. The second-order valence-electron chi connectivity index (χ2n) is 9.00. The lowest BCUT2D eigenvalue weighted by Gasteiger charge is -2.23. The first-order valence-corrected chi connectivity index (χ1v) is 11.2. The van der Waals surface area contributed by atoms with Crippen LogP contribution in [0.2, 0.25) is 0 Å². The average molecular weight is 450 g/mol. The SMILES string of the molecule is O=C(O)CC1(NC(=O)[C@@H]2OCC[C@@H]2NC(=O)OCC2c3ccccc3-c3ccccc32)CC1. The lowest BCUT2D eigenvalue weighted by Crippen LogP contribution is -2.51. The molecule has 2 aromatic carbocycles. The highest BCUT2D eigenvalue weighted by Gasteiger charge is 2.48. The number of alkyl carbamates (subject to hydrolysis) is 1. The topological polar surface area (TPSA) is 114 Å². The van der Waals surface area contributed by atoms with E-state index < -0.39 is 35.7 Å². The summed E-state index contributed by atoms with van der Waals surface area (Å²) >= 11 is 0. The fourth-order valence-corrected chi connectivity index (χ4v) is 4.91. The highest BCUT2D eigenvalue weighted by Crippen LogP contribution is 2.44. The van der Waals surface area contributed by atoms with Gasteiger partial charge < -0.3 is 25.2 Å². The number of carboxylic acid groups (broad SMARTS) is 1. The normalized spacial score (nSPS) is 22.2. The Morgan fingerprint density at radius 3 is 2.27 bits per heavy atom. The number of hydrogen-bond acceptors (Lipinski definition) is 5.